The Kier molecular flexibility index (Phi) is 6.57. The van der Waals surface area contributed by atoms with Gasteiger partial charge in [0.1, 0.15) is 0 Å². The second-order valence-corrected chi connectivity index (χ2v) is 11.7. The number of carbonyl (C=O) groups excluding carboxylic acids is 1. The lowest BCUT2D eigenvalue weighted by Crippen LogP contribution is -2.39. The highest BCUT2D eigenvalue weighted by atomic mass is 32.1. The van der Waals surface area contributed by atoms with E-state index in [0.29, 0.717) is 12.5 Å². The summed E-state index contributed by atoms with van der Waals surface area (Å²) in [6, 6.07) is 0.352. The fourth-order valence-electron chi connectivity index (χ4n) is 4.96. The molecule has 1 saturated carbocycles. The molecule has 8 heteroatoms. The molecule has 31 heavy (non-hydrogen) atoms. The molecule has 0 bridgehead atoms. The van der Waals surface area contributed by atoms with Crippen LogP contribution < -0.4 is 10.2 Å². The molecule has 4 heterocycles. The lowest BCUT2D eigenvalue weighted by molar-refractivity contribution is -0.121. The first-order valence-corrected chi connectivity index (χ1v) is 13.4. The second-order valence-electron chi connectivity index (χ2n) is 9.33. The van der Waals surface area contributed by atoms with Crippen molar-refractivity contribution in [1.82, 2.24) is 20.2 Å². The molecule has 1 aliphatic carbocycles. The Bertz CT molecular complexity index is 898. The first-order chi connectivity index (χ1) is 15.1. The van der Waals surface area contributed by atoms with Gasteiger partial charge in [-0.15, -0.1) is 22.7 Å². The highest BCUT2D eigenvalue weighted by Gasteiger charge is 2.27. The molecule has 0 spiro atoms. The number of hydrogen-bond acceptors (Lipinski definition) is 7. The van der Waals surface area contributed by atoms with Gasteiger partial charge in [0.05, 0.1) is 17.1 Å². The van der Waals surface area contributed by atoms with Crippen molar-refractivity contribution in [3.05, 3.63) is 26.7 Å². The van der Waals surface area contributed by atoms with Gasteiger partial charge < -0.3 is 10.2 Å². The van der Waals surface area contributed by atoms with Gasteiger partial charge >= 0.3 is 0 Å². The normalized spacial score (nSPS) is 24.0. The molecule has 2 fully saturated rings. The lowest BCUT2D eigenvalue weighted by Gasteiger charge is -2.32. The number of amides is 1. The average Bonchev–Trinajstić information content (AvgIpc) is 3.31. The first-order valence-electron chi connectivity index (χ1n) is 11.8. The average molecular weight is 460 g/mol. The Morgan fingerprint density at radius 3 is 2.74 bits per heavy atom. The number of carbonyl (C=O) groups is 1. The molecule has 1 N–H and O–H groups in total. The van der Waals surface area contributed by atoms with Crippen LogP contribution in [0.3, 0.4) is 0 Å². The Balaban J connectivity index is 1.02. The van der Waals surface area contributed by atoms with E-state index in [1.54, 1.807) is 11.3 Å². The van der Waals surface area contributed by atoms with Gasteiger partial charge in [0, 0.05) is 48.2 Å². The van der Waals surface area contributed by atoms with Crippen LogP contribution in [0.5, 0.6) is 0 Å². The van der Waals surface area contributed by atoms with Crippen LogP contribution >= 0.6 is 22.7 Å². The molecule has 2 aliphatic heterocycles. The molecule has 6 nitrogen and oxygen atoms in total. The van der Waals surface area contributed by atoms with Crippen LogP contribution in [-0.2, 0) is 24.2 Å². The van der Waals surface area contributed by atoms with Crippen molar-refractivity contribution in [1.29, 1.82) is 0 Å². The maximum absolute atomic E-state index is 12.3. The smallest absolute Gasteiger partial charge is 0.225 e. The number of nitrogens with one attached hydrogen (secondary N) is 1. The number of hydrogen-bond donors (Lipinski definition) is 1. The topological polar surface area (TPSA) is 61.4 Å². The van der Waals surface area contributed by atoms with Crippen LogP contribution in [-0.4, -0.2) is 53.0 Å². The van der Waals surface area contributed by atoms with Crippen molar-refractivity contribution in [2.24, 2.45) is 5.92 Å². The van der Waals surface area contributed by atoms with Crippen LogP contribution in [0.15, 0.2) is 6.20 Å². The van der Waals surface area contributed by atoms with Crippen LogP contribution in [0.4, 0.5) is 5.13 Å². The Hall–Kier alpha value is -1.51. The van der Waals surface area contributed by atoms with E-state index in [0.717, 1.165) is 35.2 Å². The molecule has 2 aromatic heterocycles. The molecule has 0 unspecified atom stereocenters. The molecule has 2 aromatic rings. The molecule has 0 atom stereocenters. The molecule has 0 aromatic carbocycles. The predicted molar refractivity (Wildman–Crippen MR) is 127 cm³/mol. The van der Waals surface area contributed by atoms with Gasteiger partial charge in [-0.25, -0.2) is 9.97 Å². The summed E-state index contributed by atoms with van der Waals surface area (Å²) >= 11 is 3.54. The van der Waals surface area contributed by atoms with Crippen LogP contribution in [0, 0.1) is 12.8 Å². The Morgan fingerprint density at radius 1 is 1.19 bits per heavy atom. The zero-order chi connectivity index (χ0) is 21.2. The van der Waals surface area contributed by atoms with Gasteiger partial charge in [0.2, 0.25) is 5.91 Å². The minimum atomic E-state index is 0.150. The van der Waals surface area contributed by atoms with Crippen molar-refractivity contribution in [3.63, 3.8) is 0 Å². The van der Waals surface area contributed by atoms with Gasteiger partial charge in [-0.05, 0) is 64.3 Å². The van der Waals surface area contributed by atoms with Crippen molar-refractivity contribution < 1.29 is 4.79 Å². The van der Waals surface area contributed by atoms with Gasteiger partial charge in [-0.3, -0.25) is 9.69 Å². The minimum Gasteiger partial charge on any atom is -0.353 e. The summed E-state index contributed by atoms with van der Waals surface area (Å²) in [5.74, 6) is 0.947. The van der Waals surface area contributed by atoms with Crippen LogP contribution in [0.2, 0.25) is 0 Å². The fraction of sp³-hybridized carbons (Fsp3) is 0.696. The van der Waals surface area contributed by atoms with E-state index in [-0.39, 0.29) is 5.91 Å². The predicted octanol–water partition coefficient (Wildman–Crippen LogP) is 3.78. The standard InChI is InChI=1S/C23H33N5OS2/c1-16-24-14-19(30-16)13-22(29)25-18-5-3-17(4-6-18)7-11-27-12-8-21-20(15-27)26-23(31-21)28-9-2-10-28/h14,17-18H,2-13,15H2,1H3,(H,25,29). The van der Waals surface area contributed by atoms with E-state index in [1.165, 1.54) is 74.0 Å². The first kappa shape index (κ1) is 21.3. The van der Waals surface area contributed by atoms with Crippen molar-refractivity contribution in [2.45, 2.75) is 70.9 Å². The molecule has 1 saturated heterocycles. The van der Waals surface area contributed by atoms with E-state index < -0.39 is 0 Å². The molecule has 0 radical (unpaired) electrons. The number of rotatable bonds is 7. The third kappa shape index (κ3) is 5.29. The van der Waals surface area contributed by atoms with Gasteiger partial charge in [-0.2, -0.15) is 0 Å². The van der Waals surface area contributed by atoms with Crippen molar-refractivity contribution in [3.8, 4) is 0 Å². The molecule has 168 valence electrons. The van der Waals surface area contributed by atoms with Crippen molar-refractivity contribution >= 4 is 33.7 Å². The van der Waals surface area contributed by atoms with E-state index in [1.807, 2.05) is 24.5 Å². The Labute approximate surface area is 193 Å². The summed E-state index contributed by atoms with van der Waals surface area (Å²) in [6.45, 7) is 7.74. The summed E-state index contributed by atoms with van der Waals surface area (Å²) in [5.41, 5.74) is 1.33. The number of aryl methyl sites for hydroxylation is 1. The molecular weight excluding hydrogens is 426 g/mol. The summed E-state index contributed by atoms with van der Waals surface area (Å²) in [4.78, 5) is 29.1. The van der Waals surface area contributed by atoms with E-state index >= 15 is 0 Å². The third-order valence-electron chi connectivity index (χ3n) is 6.99. The number of thiazole rings is 2. The van der Waals surface area contributed by atoms with Crippen molar-refractivity contribution in [2.75, 3.05) is 31.1 Å². The summed E-state index contributed by atoms with van der Waals surface area (Å²) in [5, 5.41) is 5.53. The summed E-state index contributed by atoms with van der Waals surface area (Å²) in [6.07, 6.45) is 10.8. The summed E-state index contributed by atoms with van der Waals surface area (Å²) in [7, 11) is 0. The van der Waals surface area contributed by atoms with Crippen LogP contribution in [0.1, 0.15) is 59.0 Å². The summed E-state index contributed by atoms with van der Waals surface area (Å²) < 4.78 is 0. The minimum absolute atomic E-state index is 0.150. The van der Waals surface area contributed by atoms with Gasteiger partial charge in [0.25, 0.3) is 0 Å². The van der Waals surface area contributed by atoms with Gasteiger partial charge in [0.15, 0.2) is 5.13 Å². The molecule has 1 amide bonds. The number of aromatic nitrogens is 2. The second kappa shape index (κ2) is 9.55. The zero-order valence-electron chi connectivity index (χ0n) is 18.4. The number of anilines is 1. The number of fused-ring (bicyclic) bond motifs is 1. The maximum atomic E-state index is 12.3. The highest BCUT2D eigenvalue weighted by Crippen LogP contribution is 2.33. The fourth-order valence-corrected chi connectivity index (χ4v) is 6.86. The monoisotopic (exact) mass is 459 g/mol. The van der Waals surface area contributed by atoms with E-state index in [2.05, 4.69) is 20.1 Å². The quantitative estimate of drug-likeness (QED) is 0.683. The van der Waals surface area contributed by atoms with Gasteiger partial charge in [-0.1, -0.05) is 0 Å². The highest BCUT2D eigenvalue weighted by molar-refractivity contribution is 7.15. The van der Waals surface area contributed by atoms with E-state index in [4.69, 9.17) is 4.98 Å². The lowest BCUT2D eigenvalue weighted by atomic mass is 9.84. The number of nitrogens with zero attached hydrogens (tertiary/aromatic N) is 4. The largest absolute Gasteiger partial charge is 0.353 e. The Morgan fingerprint density at radius 2 is 2.03 bits per heavy atom. The molecular formula is C23H33N5OS2. The zero-order valence-corrected chi connectivity index (χ0v) is 20.1. The maximum Gasteiger partial charge on any atom is 0.225 e. The SMILES string of the molecule is Cc1ncc(CC(=O)NC2CCC(CCN3CCc4sc(N5CCC5)nc4C3)CC2)s1. The van der Waals surface area contributed by atoms with E-state index in [9.17, 15) is 4.79 Å². The molecule has 5 rings (SSSR count). The third-order valence-corrected chi connectivity index (χ3v) is 9.12. The molecule has 3 aliphatic rings. The van der Waals surface area contributed by atoms with Crippen LogP contribution in [0.25, 0.3) is 0 Å².